The van der Waals surface area contributed by atoms with Crippen LogP contribution in [0.25, 0.3) is 11.4 Å². The maximum atomic E-state index is 13.4. The summed E-state index contributed by atoms with van der Waals surface area (Å²) in [5.74, 6) is -2.89. The summed E-state index contributed by atoms with van der Waals surface area (Å²) in [6.07, 6.45) is 1.80. The van der Waals surface area contributed by atoms with Gasteiger partial charge in [0.1, 0.15) is 22.0 Å². The summed E-state index contributed by atoms with van der Waals surface area (Å²) in [5, 5.41) is 21.4. The number of ketones is 1. The molecule has 5 rings (SSSR count). The number of aliphatic hydroxyl groups is 1. The van der Waals surface area contributed by atoms with Crippen molar-refractivity contribution in [3.63, 3.8) is 0 Å². The van der Waals surface area contributed by atoms with Crippen molar-refractivity contribution in [2.24, 2.45) is 0 Å². The second kappa shape index (κ2) is 8.86. The molecule has 1 atom stereocenters. The monoisotopic (exact) mass is 518 g/mol. The first-order chi connectivity index (χ1) is 17.6. The second-order valence-electron chi connectivity index (χ2n) is 8.59. The van der Waals surface area contributed by atoms with Crippen molar-refractivity contribution in [3.8, 4) is 5.75 Å². The quantitative estimate of drug-likeness (QED) is 0.180. The van der Waals surface area contributed by atoms with Gasteiger partial charge < -0.3 is 19.4 Å². The van der Waals surface area contributed by atoms with E-state index in [1.54, 1.807) is 36.6 Å². The highest BCUT2D eigenvalue weighted by molar-refractivity contribution is 7.17. The molecule has 4 aromatic rings. The third-order valence-corrected chi connectivity index (χ3v) is 7.46. The first-order valence-corrected chi connectivity index (χ1v) is 12.1. The largest absolute Gasteiger partial charge is 0.508 e. The van der Waals surface area contributed by atoms with Crippen LogP contribution in [0.4, 0.5) is 5.13 Å². The Bertz CT molecular complexity index is 1630. The van der Waals surface area contributed by atoms with Crippen molar-refractivity contribution in [1.82, 2.24) is 14.4 Å². The predicted octanol–water partition coefficient (Wildman–Crippen LogP) is 3.83. The summed E-state index contributed by atoms with van der Waals surface area (Å²) in [7, 11) is 1.24. The molecule has 3 aromatic heterocycles. The molecular formula is C26H22N4O6S. The van der Waals surface area contributed by atoms with Crippen LogP contribution in [0.5, 0.6) is 5.75 Å². The number of aromatic hydroxyl groups is 1. The number of phenolic OH excluding ortho intramolecular Hbond substituents is 1. The molecule has 188 valence electrons. The molecule has 1 aromatic carbocycles. The number of rotatable bonds is 4. The molecule has 10 nitrogen and oxygen atoms in total. The van der Waals surface area contributed by atoms with Gasteiger partial charge in [0.15, 0.2) is 10.9 Å². The molecule has 0 saturated carbocycles. The molecule has 4 heterocycles. The van der Waals surface area contributed by atoms with Crippen LogP contribution in [-0.4, -0.2) is 49.4 Å². The zero-order valence-electron chi connectivity index (χ0n) is 20.3. The number of amides is 1. The molecule has 0 spiro atoms. The number of hydrogen-bond donors (Lipinski definition) is 2. The van der Waals surface area contributed by atoms with E-state index >= 15 is 0 Å². The van der Waals surface area contributed by atoms with Crippen molar-refractivity contribution in [3.05, 3.63) is 81.3 Å². The molecule has 0 aliphatic carbocycles. The molecular weight excluding hydrogens is 496 g/mol. The number of hydrogen-bond acceptors (Lipinski definition) is 9. The van der Waals surface area contributed by atoms with E-state index in [0.29, 0.717) is 22.6 Å². The highest BCUT2D eigenvalue weighted by atomic mass is 32.1. The molecule has 0 radical (unpaired) electrons. The van der Waals surface area contributed by atoms with E-state index in [0.717, 1.165) is 21.8 Å². The maximum absolute atomic E-state index is 13.4. The molecule has 1 aliphatic heterocycles. The van der Waals surface area contributed by atoms with Crippen LogP contribution in [0, 0.1) is 20.8 Å². The summed E-state index contributed by atoms with van der Waals surface area (Å²) >= 11 is 0.909. The van der Waals surface area contributed by atoms with Crippen LogP contribution in [0.3, 0.4) is 0 Å². The SMILES string of the molecule is COC(=O)c1sc(N2C(=O)C(=O)C(=C(O)c3nc4c(C)cccn4c3C)C2c2ccc(O)cc2)nc1C. The fraction of sp³-hybridized carbons (Fsp3) is 0.192. The van der Waals surface area contributed by atoms with E-state index in [9.17, 15) is 24.6 Å². The van der Waals surface area contributed by atoms with Crippen LogP contribution in [0.15, 0.2) is 48.2 Å². The Kier molecular flexibility index (Phi) is 5.79. The summed E-state index contributed by atoms with van der Waals surface area (Å²) in [6, 6.07) is 8.58. The van der Waals surface area contributed by atoms with Gasteiger partial charge in [0, 0.05) is 6.20 Å². The molecule has 2 N–H and O–H groups in total. The fourth-order valence-electron chi connectivity index (χ4n) is 4.44. The van der Waals surface area contributed by atoms with Gasteiger partial charge in [-0.1, -0.05) is 29.5 Å². The zero-order valence-corrected chi connectivity index (χ0v) is 21.2. The van der Waals surface area contributed by atoms with Crippen LogP contribution in [0.2, 0.25) is 0 Å². The number of carbonyl (C=O) groups excluding carboxylic acids is 3. The smallest absolute Gasteiger partial charge is 0.350 e. The van der Waals surface area contributed by atoms with Gasteiger partial charge in [-0.25, -0.2) is 14.8 Å². The number of Topliss-reactive ketones (excluding diaryl/α,β-unsaturated/α-hetero) is 1. The summed E-state index contributed by atoms with van der Waals surface area (Å²) in [6.45, 7) is 5.23. The summed E-state index contributed by atoms with van der Waals surface area (Å²) in [4.78, 5) is 49.3. The van der Waals surface area contributed by atoms with Gasteiger partial charge in [0.05, 0.1) is 30.1 Å². The van der Waals surface area contributed by atoms with E-state index in [1.165, 1.54) is 19.2 Å². The third-order valence-electron chi connectivity index (χ3n) is 6.32. The van der Waals surface area contributed by atoms with Crippen LogP contribution >= 0.6 is 11.3 Å². The third kappa shape index (κ3) is 3.75. The van der Waals surface area contributed by atoms with Gasteiger partial charge >= 0.3 is 11.9 Å². The second-order valence-corrected chi connectivity index (χ2v) is 9.57. The number of anilines is 1. The van der Waals surface area contributed by atoms with E-state index in [4.69, 9.17) is 4.74 Å². The average molecular weight is 519 g/mol. The Balaban J connectivity index is 1.75. The molecule has 1 amide bonds. The predicted molar refractivity (Wildman–Crippen MR) is 136 cm³/mol. The molecule has 37 heavy (non-hydrogen) atoms. The summed E-state index contributed by atoms with van der Waals surface area (Å²) < 4.78 is 6.60. The zero-order chi connectivity index (χ0) is 26.6. The Morgan fingerprint density at radius 2 is 1.78 bits per heavy atom. The molecule has 11 heteroatoms. The number of aliphatic hydroxyl groups excluding tert-OH is 1. The van der Waals surface area contributed by atoms with Crippen molar-refractivity contribution in [2.75, 3.05) is 12.0 Å². The molecule has 1 unspecified atom stereocenters. The number of benzene rings is 1. The number of imidazole rings is 1. The van der Waals surface area contributed by atoms with Crippen LogP contribution in [0.1, 0.15) is 43.9 Å². The molecule has 1 fully saturated rings. The lowest BCUT2D eigenvalue weighted by atomic mass is 9.96. The number of phenols is 1. The first kappa shape index (κ1) is 24.2. The standard InChI is InChI=1S/C26H22N4O6S/c1-12-6-5-11-29-14(3)18(28-23(12)29)20(32)17-19(15-7-9-16(31)10-8-15)30(24(34)21(17)33)26-27-13(2)22(37-26)25(35)36-4/h5-11,19,31-32H,1-4H3. The van der Waals surface area contributed by atoms with Crippen molar-refractivity contribution in [1.29, 1.82) is 0 Å². The minimum absolute atomic E-state index is 0.00885. The lowest BCUT2D eigenvalue weighted by Gasteiger charge is -2.22. The van der Waals surface area contributed by atoms with Gasteiger partial charge in [0.2, 0.25) is 0 Å². The fourth-order valence-corrected chi connectivity index (χ4v) is 5.46. The normalized spacial score (nSPS) is 17.1. The number of nitrogens with zero attached hydrogens (tertiary/aromatic N) is 4. The van der Waals surface area contributed by atoms with E-state index in [-0.39, 0.29) is 27.0 Å². The number of thiazole rings is 1. The summed E-state index contributed by atoms with van der Waals surface area (Å²) in [5.41, 5.74) is 2.84. The van der Waals surface area contributed by atoms with Crippen molar-refractivity contribution < 1.29 is 29.3 Å². The lowest BCUT2D eigenvalue weighted by Crippen LogP contribution is -2.29. The maximum Gasteiger partial charge on any atom is 0.350 e. The van der Waals surface area contributed by atoms with Crippen LogP contribution in [-0.2, 0) is 14.3 Å². The highest BCUT2D eigenvalue weighted by Crippen LogP contribution is 2.44. The van der Waals surface area contributed by atoms with Gasteiger partial charge in [-0.2, -0.15) is 0 Å². The van der Waals surface area contributed by atoms with Crippen molar-refractivity contribution >= 4 is 45.5 Å². The average Bonchev–Trinajstić information content (AvgIpc) is 3.51. The number of ether oxygens (including phenoxy) is 1. The highest BCUT2D eigenvalue weighted by Gasteiger charge is 2.49. The van der Waals surface area contributed by atoms with Gasteiger partial charge in [-0.3, -0.25) is 14.5 Å². The van der Waals surface area contributed by atoms with Gasteiger partial charge in [0.25, 0.3) is 5.78 Å². The number of pyridine rings is 1. The van der Waals surface area contributed by atoms with Gasteiger partial charge in [-0.15, -0.1) is 0 Å². The first-order valence-electron chi connectivity index (χ1n) is 11.2. The number of esters is 1. The topological polar surface area (TPSA) is 134 Å². The van der Waals surface area contributed by atoms with E-state index in [1.807, 2.05) is 19.1 Å². The van der Waals surface area contributed by atoms with Gasteiger partial charge in [-0.05, 0) is 50.1 Å². The Morgan fingerprint density at radius 3 is 2.43 bits per heavy atom. The van der Waals surface area contributed by atoms with Crippen molar-refractivity contribution in [2.45, 2.75) is 26.8 Å². The Hall–Kier alpha value is -4.51. The molecule has 1 aliphatic rings. The Morgan fingerprint density at radius 1 is 1.08 bits per heavy atom. The number of fused-ring (bicyclic) bond motifs is 1. The molecule has 0 bridgehead atoms. The lowest BCUT2D eigenvalue weighted by molar-refractivity contribution is -0.132. The molecule has 1 saturated heterocycles. The number of aryl methyl sites for hydroxylation is 3. The minimum atomic E-state index is -1.08. The minimum Gasteiger partial charge on any atom is -0.508 e. The van der Waals surface area contributed by atoms with Crippen LogP contribution < -0.4 is 4.90 Å². The Labute approximate surface area is 215 Å². The van der Waals surface area contributed by atoms with E-state index < -0.39 is 29.5 Å². The number of methoxy groups -OCH3 is 1. The van der Waals surface area contributed by atoms with E-state index in [2.05, 4.69) is 9.97 Å². The number of aromatic nitrogens is 3. The number of carbonyl (C=O) groups is 3.